The third-order valence-electron chi connectivity index (χ3n) is 1.73. The predicted octanol–water partition coefficient (Wildman–Crippen LogP) is -4.30. The van der Waals surface area contributed by atoms with Gasteiger partial charge in [0, 0.05) is 0 Å². The molecule has 7 heteroatoms. The highest BCUT2D eigenvalue weighted by Crippen LogP contribution is 2.12. The lowest BCUT2D eigenvalue weighted by atomic mass is 9.97. The number of rotatable bonds is 5. The zero-order valence-electron chi connectivity index (χ0n) is 6.91. The van der Waals surface area contributed by atoms with Crippen molar-refractivity contribution in [2.45, 2.75) is 24.0 Å². The summed E-state index contributed by atoms with van der Waals surface area (Å²) in [7, 11) is 0. The molecule has 7 nitrogen and oxygen atoms in total. The molecule has 0 aliphatic rings. The van der Waals surface area contributed by atoms with Gasteiger partial charge in [-0.3, -0.25) is 5.73 Å². The molecule has 0 aromatic heterocycles. The number of hydrogen-bond donors (Lipinski definition) is 7. The molecule has 0 heterocycles. The number of nitrogens with two attached hydrogens (primary N) is 1. The Kier molecular flexibility index (Phi) is 4.71. The highest BCUT2D eigenvalue weighted by atomic mass is 16.4. The number of aliphatic hydroxyl groups is 6. The summed E-state index contributed by atoms with van der Waals surface area (Å²) in [5.74, 6) is 0. The van der Waals surface area contributed by atoms with Crippen LogP contribution in [0.2, 0.25) is 0 Å². The van der Waals surface area contributed by atoms with E-state index in [2.05, 4.69) is 0 Å². The normalized spacial score (nSPS) is 23.3. The Hall–Kier alpha value is -0.280. The molecule has 0 aromatic rings. The van der Waals surface area contributed by atoms with Gasteiger partial charge in [0.1, 0.15) is 18.3 Å². The molecule has 13 heavy (non-hydrogen) atoms. The van der Waals surface area contributed by atoms with Gasteiger partial charge in [-0.15, -0.1) is 0 Å². The molecule has 4 atom stereocenters. The summed E-state index contributed by atoms with van der Waals surface area (Å²) in [6, 6.07) is 0. The van der Waals surface area contributed by atoms with Crippen molar-refractivity contribution >= 4 is 0 Å². The van der Waals surface area contributed by atoms with Crippen LogP contribution < -0.4 is 5.73 Å². The van der Waals surface area contributed by atoms with Crippen LogP contribution >= 0.6 is 0 Å². The third-order valence-corrected chi connectivity index (χ3v) is 1.73. The lowest BCUT2D eigenvalue weighted by Crippen LogP contribution is -2.64. The molecule has 0 saturated heterocycles. The van der Waals surface area contributed by atoms with Crippen molar-refractivity contribution in [1.82, 2.24) is 0 Å². The Bertz CT molecular complexity index is 152. The summed E-state index contributed by atoms with van der Waals surface area (Å²) in [5.41, 5.74) is 2.46. The second-order valence-corrected chi connectivity index (χ2v) is 2.78. The summed E-state index contributed by atoms with van der Waals surface area (Å²) in [6.07, 6.45) is -5.43. The maximum Gasteiger partial charge on any atom is 0.170 e. The molecule has 8 N–H and O–H groups in total. The van der Waals surface area contributed by atoms with E-state index in [4.69, 9.17) is 31.3 Å². The first-order valence-corrected chi connectivity index (χ1v) is 3.65. The monoisotopic (exact) mass is 197 g/mol. The molecule has 0 rings (SSSR count). The van der Waals surface area contributed by atoms with Gasteiger partial charge in [-0.05, 0) is 0 Å². The van der Waals surface area contributed by atoms with Crippen molar-refractivity contribution in [2.75, 3.05) is 13.2 Å². The summed E-state index contributed by atoms with van der Waals surface area (Å²) < 4.78 is 0. The van der Waals surface area contributed by atoms with Crippen LogP contribution in [0.15, 0.2) is 0 Å². The van der Waals surface area contributed by atoms with Crippen molar-refractivity contribution in [3.05, 3.63) is 0 Å². The van der Waals surface area contributed by atoms with Crippen LogP contribution in [0, 0.1) is 0 Å². The van der Waals surface area contributed by atoms with Crippen LogP contribution in [0.1, 0.15) is 0 Å². The van der Waals surface area contributed by atoms with Gasteiger partial charge in [-0.2, -0.15) is 0 Å². The van der Waals surface area contributed by atoms with E-state index >= 15 is 0 Å². The molecule has 0 aromatic carbocycles. The maximum atomic E-state index is 9.20. The van der Waals surface area contributed by atoms with E-state index in [9.17, 15) is 5.11 Å². The molecule has 4 unspecified atom stereocenters. The first kappa shape index (κ1) is 12.7. The number of aliphatic hydroxyl groups excluding tert-OH is 5. The highest BCUT2D eigenvalue weighted by Gasteiger charge is 2.42. The summed E-state index contributed by atoms with van der Waals surface area (Å²) in [5, 5.41) is 52.9. The molecule has 0 radical (unpaired) electrons. The second-order valence-electron chi connectivity index (χ2n) is 2.78. The van der Waals surface area contributed by atoms with Crippen molar-refractivity contribution in [2.24, 2.45) is 5.73 Å². The first-order chi connectivity index (χ1) is 5.87. The van der Waals surface area contributed by atoms with Gasteiger partial charge in [0.25, 0.3) is 0 Å². The minimum Gasteiger partial charge on any atom is -0.394 e. The van der Waals surface area contributed by atoms with Gasteiger partial charge in [0.15, 0.2) is 5.72 Å². The molecule has 0 spiro atoms. The predicted molar refractivity (Wildman–Crippen MR) is 41.3 cm³/mol. The van der Waals surface area contributed by atoms with Crippen molar-refractivity contribution < 1.29 is 30.6 Å². The highest BCUT2D eigenvalue weighted by molar-refractivity contribution is 4.90. The van der Waals surface area contributed by atoms with Gasteiger partial charge in [0.05, 0.1) is 13.2 Å². The molecule has 0 amide bonds. The molecular weight excluding hydrogens is 182 g/mol. The Balaban J connectivity index is 4.42. The maximum absolute atomic E-state index is 9.20. The van der Waals surface area contributed by atoms with Gasteiger partial charge >= 0.3 is 0 Å². The largest absolute Gasteiger partial charge is 0.394 e. The van der Waals surface area contributed by atoms with Crippen LogP contribution in [0.25, 0.3) is 0 Å². The van der Waals surface area contributed by atoms with Crippen LogP contribution in [-0.2, 0) is 0 Å². The van der Waals surface area contributed by atoms with E-state index in [1.807, 2.05) is 0 Å². The quantitative estimate of drug-likeness (QED) is 0.220. The van der Waals surface area contributed by atoms with Crippen LogP contribution in [0.4, 0.5) is 0 Å². The van der Waals surface area contributed by atoms with E-state index in [-0.39, 0.29) is 0 Å². The first-order valence-electron chi connectivity index (χ1n) is 3.65. The minimum absolute atomic E-state index is 0.821. The number of hydrogen-bond acceptors (Lipinski definition) is 7. The van der Waals surface area contributed by atoms with Crippen molar-refractivity contribution in [1.29, 1.82) is 0 Å². The van der Waals surface area contributed by atoms with Gasteiger partial charge < -0.3 is 30.6 Å². The van der Waals surface area contributed by atoms with Gasteiger partial charge in [0.2, 0.25) is 0 Å². The van der Waals surface area contributed by atoms with E-state index < -0.39 is 37.3 Å². The van der Waals surface area contributed by atoms with Crippen LogP contribution in [0.3, 0.4) is 0 Å². The molecule has 0 fully saturated rings. The topological polar surface area (TPSA) is 147 Å². The fourth-order valence-electron chi connectivity index (χ4n) is 0.751. The van der Waals surface area contributed by atoms with E-state index in [1.165, 1.54) is 0 Å². The Morgan fingerprint density at radius 1 is 1.08 bits per heavy atom. The zero-order valence-corrected chi connectivity index (χ0v) is 6.91. The fourth-order valence-corrected chi connectivity index (χ4v) is 0.751. The minimum atomic E-state index is -2.56. The molecule has 0 aliphatic heterocycles. The molecule has 0 bridgehead atoms. The summed E-state index contributed by atoms with van der Waals surface area (Å²) in [6.45, 7) is -1.69. The standard InChI is InChI=1S/C6H15NO6/c7-6(13,4(11)2-9)5(12)3(10)1-8/h3-5,8-13H,1-2,7H2. The van der Waals surface area contributed by atoms with Crippen LogP contribution in [0.5, 0.6) is 0 Å². The van der Waals surface area contributed by atoms with Crippen molar-refractivity contribution in [3.8, 4) is 0 Å². The van der Waals surface area contributed by atoms with E-state index in [0.717, 1.165) is 0 Å². The molecule has 0 aliphatic carbocycles. The fraction of sp³-hybridized carbons (Fsp3) is 1.00. The Labute approximate surface area is 74.7 Å². The zero-order chi connectivity index (χ0) is 10.6. The van der Waals surface area contributed by atoms with Crippen LogP contribution in [-0.4, -0.2) is 67.9 Å². The summed E-state index contributed by atoms with van der Waals surface area (Å²) in [4.78, 5) is 0. The molecular formula is C6H15NO6. The average Bonchev–Trinajstić information content (AvgIpc) is 2.13. The average molecular weight is 197 g/mol. The third kappa shape index (κ3) is 2.85. The van der Waals surface area contributed by atoms with Crippen molar-refractivity contribution in [3.63, 3.8) is 0 Å². The van der Waals surface area contributed by atoms with E-state index in [0.29, 0.717) is 0 Å². The van der Waals surface area contributed by atoms with E-state index in [1.54, 1.807) is 0 Å². The lowest BCUT2D eigenvalue weighted by molar-refractivity contribution is -0.187. The SMILES string of the molecule is NC(O)(C(O)CO)C(O)C(O)CO. The second kappa shape index (κ2) is 4.82. The molecule has 0 saturated carbocycles. The lowest BCUT2D eigenvalue weighted by Gasteiger charge is -2.34. The smallest absolute Gasteiger partial charge is 0.170 e. The Morgan fingerprint density at radius 2 is 1.54 bits per heavy atom. The summed E-state index contributed by atoms with van der Waals surface area (Å²) >= 11 is 0. The van der Waals surface area contributed by atoms with Gasteiger partial charge in [-0.25, -0.2) is 0 Å². The Morgan fingerprint density at radius 3 is 1.85 bits per heavy atom. The van der Waals surface area contributed by atoms with Gasteiger partial charge in [-0.1, -0.05) is 0 Å². The molecule has 80 valence electrons.